The molecule has 1 aliphatic carbocycles. The van der Waals surface area contributed by atoms with Gasteiger partial charge < -0.3 is 9.47 Å². The van der Waals surface area contributed by atoms with Gasteiger partial charge in [-0.1, -0.05) is 0 Å². The Morgan fingerprint density at radius 1 is 1.50 bits per heavy atom. The van der Waals surface area contributed by atoms with Crippen LogP contribution in [0, 0.1) is 5.92 Å². The molecule has 20 heavy (non-hydrogen) atoms. The molecule has 2 heterocycles. The van der Waals surface area contributed by atoms with Crippen LogP contribution in [0.25, 0.3) is 0 Å². The third-order valence-corrected chi connectivity index (χ3v) is 5.21. The van der Waals surface area contributed by atoms with Gasteiger partial charge in [-0.05, 0) is 38.5 Å². The summed E-state index contributed by atoms with van der Waals surface area (Å²) in [5, 5.41) is 1.17. The van der Waals surface area contributed by atoms with Crippen LogP contribution in [0.5, 0.6) is 0 Å². The van der Waals surface area contributed by atoms with Gasteiger partial charge in [0.1, 0.15) is 5.92 Å². The van der Waals surface area contributed by atoms with Crippen LogP contribution in [-0.2, 0) is 27.1 Å². The zero-order valence-corrected chi connectivity index (χ0v) is 12.7. The van der Waals surface area contributed by atoms with Gasteiger partial charge in [0, 0.05) is 24.5 Å². The SMILES string of the molecule is CCOC(=O)C1CCCc2sc(CC3CCOC3)nc21. The fraction of sp³-hybridized carbons (Fsp3) is 0.733. The highest BCUT2D eigenvalue weighted by Crippen LogP contribution is 2.36. The zero-order chi connectivity index (χ0) is 13.9. The van der Waals surface area contributed by atoms with E-state index in [9.17, 15) is 4.79 Å². The number of carbonyl (C=O) groups excluding carboxylic acids is 1. The lowest BCUT2D eigenvalue weighted by Gasteiger charge is -2.19. The number of rotatable bonds is 4. The first-order chi connectivity index (χ1) is 9.78. The second-order valence-electron chi connectivity index (χ2n) is 5.55. The van der Waals surface area contributed by atoms with Crippen molar-refractivity contribution < 1.29 is 14.3 Å². The van der Waals surface area contributed by atoms with Crippen molar-refractivity contribution in [3.8, 4) is 0 Å². The van der Waals surface area contributed by atoms with Crippen LogP contribution >= 0.6 is 11.3 Å². The molecule has 5 heteroatoms. The highest BCUT2D eigenvalue weighted by atomic mass is 32.1. The summed E-state index contributed by atoms with van der Waals surface area (Å²) < 4.78 is 10.6. The molecule has 0 N–H and O–H groups in total. The molecule has 0 saturated carbocycles. The number of aromatic nitrogens is 1. The highest BCUT2D eigenvalue weighted by Gasteiger charge is 2.31. The summed E-state index contributed by atoms with van der Waals surface area (Å²) in [5.74, 6) is 0.363. The molecule has 0 amide bonds. The van der Waals surface area contributed by atoms with E-state index in [1.807, 2.05) is 6.92 Å². The van der Waals surface area contributed by atoms with E-state index in [0.29, 0.717) is 12.5 Å². The number of hydrogen-bond acceptors (Lipinski definition) is 5. The average Bonchev–Trinajstić information content (AvgIpc) is 3.07. The lowest BCUT2D eigenvalue weighted by molar-refractivity contribution is -0.145. The molecule has 110 valence electrons. The number of hydrogen-bond donors (Lipinski definition) is 0. The first-order valence-corrected chi connectivity index (χ1v) is 8.32. The molecule has 1 saturated heterocycles. The van der Waals surface area contributed by atoms with Gasteiger partial charge in [-0.2, -0.15) is 0 Å². The number of ether oxygens (including phenoxy) is 2. The van der Waals surface area contributed by atoms with Crippen molar-refractivity contribution >= 4 is 17.3 Å². The van der Waals surface area contributed by atoms with Crippen LogP contribution in [0.2, 0.25) is 0 Å². The first kappa shape index (κ1) is 14.0. The van der Waals surface area contributed by atoms with Crippen molar-refractivity contribution in [3.05, 3.63) is 15.6 Å². The van der Waals surface area contributed by atoms with Gasteiger partial charge in [0.15, 0.2) is 0 Å². The quantitative estimate of drug-likeness (QED) is 0.801. The Morgan fingerprint density at radius 2 is 2.40 bits per heavy atom. The summed E-state index contributed by atoms with van der Waals surface area (Å²) in [7, 11) is 0. The summed E-state index contributed by atoms with van der Waals surface area (Å²) in [6.07, 6.45) is 5.12. The van der Waals surface area contributed by atoms with Crippen LogP contribution in [0.1, 0.15) is 47.7 Å². The molecule has 0 bridgehead atoms. The normalized spacial score (nSPS) is 25.4. The minimum absolute atomic E-state index is 0.102. The summed E-state index contributed by atoms with van der Waals surface area (Å²) in [4.78, 5) is 18.1. The van der Waals surface area contributed by atoms with E-state index in [2.05, 4.69) is 0 Å². The molecule has 4 nitrogen and oxygen atoms in total. The van der Waals surface area contributed by atoms with E-state index in [0.717, 1.165) is 51.0 Å². The number of fused-ring (bicyclic) bond motifs is 1. The van der Waals surface area contributed by atoms with Crippen molar-refractivity contribution in [2.24, 2.45) is 5.92 Å². The average molecular weight is 295 g/mol. The molecule has 2 unspecified atom stereocenters. The Morgan fingerprint density at radius 3 is 3.15 bits per heavy atom. The summed E-state index contributed by atoms with van der Waals surface area (Å²) in [5.41, 5.74) is 0.994. The van der Waals surface area contributed by atoms with Crippen molar-refractivity contribution in [2.45, 2.75) is 44.9 Å². The Balaban J connectivity index is 1.75. The van der Waals surface area contributed by atoms with E-state index >= 15 is 0 Å². The van der Waals surface area contributed by atoms with Gasteiger partial charge in [0.05, 0.1) is 17.3 Å². The van der Waals surface area contributed by atoms with Crippen molar-refractivity contribution in [1.82, 2.24) is 4.98 Å². The Kier molecular flexibility index (Phi) is 4.36. The summed E-state index contributed by atoms with van der Waals surface area (Å²) >= 11 is 1.79. The molecule has 2 atom stereocenters. The Labute approximate surface area is 123 Å². The number of carbonyl (C=O) groups is 1. The molecule has 0 radical (unpaired) electrons. The maximum atomic E-state index is 12.0. The molecule has 1 aliphatic heterocycles. The lowest BCUT2D eigenvalue weighted by atomic mass is 9.91. The monoisotopic (exact) mass is 295 g/mol. The van der Waals surface area contributed by atoms with Crippen LogP contribution in [0.15, 0.2) is 0 Å². The van der Waals surface area contributed by atoms with Crippen LogP contribution < -0.4 is 0 Å². The predicted octanol–water partition coefficient (Wildman–Crippen LogP) is 2.71. The maximum Gasteiger partial charge on any atom is 0.315 e. The second kappa shape index (κ2) is 6.22. The molecule has 3 rings (SSSR count). The number of esters is 1. The van der Waals surface area contributed by atoms with Crippen molar-refractivity contribution in [3.63, 3.8) is 0 Å². The molecule has 1 aromatic heterocycles. The van der Waals surface area contributed by atoms with Crippen LogP contribution in [0.4, 0.5) is 0 Å². The zero-order valence-electron chi connectivity index (χ0n) is 11.9. The molecular weight excluding hydrogens is 274 g/mol. The molecule has 1 fully saturated rings. The third-order valence-electron chi connectivity index (χ3n) is 4.06. The van der Waals surface area contributed by atoms with E-state index in [1.54, 1.807) is 11.3 Å². The Hall–Kier alpha value is -0.940. The third kappa shape index (κ3) is 2.88. The minimum atomic E-state index is -0.136. The van der Waals surface area contributed by atoms with E-state index in [-0.39, 0.29) is 11.9 Å². The van der Waals surface area contributed by atoms with Crippen LogP contribution in [-0.4, -0.2) is 30.8 Å². The lowest BCUT2D eigenvalue weighted by Crippen LogP contribution is -2.20. The number of thiazole rings is 1. The van der Waals surface area contributed by atoms with Crippen molar-refractivity contribution in [2.75, 3.05) is 19.8 Å². The number of aryl methyl sites for hydroxylation is 1. The van der Waals surface area contributed by atoms with Gasteiger partial charge in [-0.3, -0.25) is 4.79 Å². The predicted molar refractivity (Wildman–Crippen MR) is 77.1 cm³/mol. The molecule has 0 aromatic carbocycles. The maximum absolute atomic E-state index is 12.0. The Bertz CT molecular complexity index is 479. The summed E-state index contributed by atoms with van der Waals surface area (Å²) in [6, 6.07) is 0. The van der Waals surface area contributed by atoms with Crippen molar-refractivity contribution in [1.29, 1.82) is 0 Å². The molecule has 0 spiro atoms. The van der Waals surface area contributed by atoms with E-state index < -0.39 is 0 Å². The van der Waals surface area contributed by atoms with Crippen LogP contribution in [0.3, 0.4) is 0 Å². The van der Waals surface area contributed by atoms with E-state index in [1.165, 1.54) is 9.88 Å². The topological polar surface area (TPSA) is 48.4 Å². The van der Waals surface area contributed by atoms with Gasteiger partial charge in [-0.15, -0.1) is 11.3 Å². The van der Waals surface area contributed by atoms with Gasteiger partial charge in [0.25, 0.3) is 0 Å². The fourth-order valence-electron chi connectivity index (χ4n) is 3.02. The minimum Gasteiger partial charge on any atom is -0.465 e. The van der Waals surface area contributed by atoms with E-state index in [4.69, 9.17) is 14.5 Å². The standard InChI is InChI=1S/C15H21NO3S/c1-2-19-15(17)11-4-3-5-12-14(11)16-13(20-12)8-10-6-7-18-9-10/h10-11H,2-9H2,1H3. The largest absolute Gasteiger partial charge is 0.465 e. The van der Waals surface area contributed by atoms with Gasteiger partial charge >= 0.3 is 5.97 Å². The molecule has 1 aromatic rings. The summed E-state index contributed by atoms with van der Waals surface area (Å²) in [6.45, 7) is 4.03. The first-order valence-electron chi connectivity index (χ1n) is 7.50. The van der Waals surface area contributed by atoms with Gasteiger partial charge in [-0.25, -0.2) is 4.98 Å². The highest BCUT2D eigenvalue weighted by molar-refractivity contribution is 7.11. The van der Waals surface area contributed by atoms with Gasteiger partial charge in [0.2, 0.25) is 0 Å². The molecular formula is C15H21NO3S. The number of nitrogens with zero attached hydrogens (tertiary/aromatic N) is 1. The fourth-order valence-corrected chi connectivity index (χ4v) is 4.31. The smallest absolute Gasteiger partial charge is 0.315 e. The second-order valence-corrected chi connectivity index (χ2v) is 6.71. The molecule has 2 aliphatic rings.